The highest BCUT2D eigenvalue weighted by Crippen LogP contribution is 2.25. The van der Waals surface area contributed by atoms with Crippen LogP contribution in [0, 0.1) is 17.2 Å². The molecule has 0 saturated heterocycles. The molecule has 2 aliphatic rings. The first-order valence-electron chi connectivity index (χ1n) is 5.72. The van der Waals surface area contributed by atoms with Crippen molar-refractivity contribution in [3.05, 3.63) is 12.2 Å². The van der Waals surface area contributed by atoms with Crippen LogP contribution in [0.15, 0.2) is 12.2 Å². The average molecular weight is 190 g/mol. The monoisotopic (exact) mass is 190 g/mol. The van der Waals surface area contributed by atoms with Crippen LogP contribution in [-0.4, -0.2) is 12.1 Å². The SMILES string of the molecule is N#CC1CCCCC1NC1C=CCC1. The second kappa shape index (κ2) is 4.61. The molecule has 0 spiro atoms. The first-order chi connectivity index (χ1) is 6.90. The van der Waals surface area contributed by atoms with Gasteiger partial charge in [-0.3, -0.25) is 0 Å². The number of rotatable bonds is 2. The van der Waals surface area contributed by atoms with E-state index in [1.165, 1.54) is 32.1 Å². The molecule has 0 aliphatic heterocycles. The van der Waals surface area contributed by atoms with Gasteiger partial charge in [0.2, 0.25) is 0 Å². The Hall–Kier alpha value is -0.810. The van der Waals surface area contributed by atoms with Crippen molar-refractivity contribution in [3.8, 4) is 6.07 Å². The molecule has 3 unspecified atom stereocenters. The van der Waals surface area contributed by atoms with E-state index in [0.29, 0.717) is 12.1 Å². The molecule has 2 heteroatoms. The third-order valence-corrected chi connectivity index (χ3v) is 3.37. The Bertz CT molecular complexity index is 252. The molecule has 76 valence electrons. The lowest BCUT2D eigenvalue weighted by atomic mass is 9.85. The third-order valence-electron chi connectivity index (χ3n) is 3.37. The zero-order valence-electron chi connectivity index (χ0n) is 8.58. The molecule has 1 fully saturated rings. The molecule has 0 bridgehead atoms. The summed E-state index contributed by atoms with van der Waals surface area (Å²) in [6.45, 7) is 0. The Labute approximate surface area is 86.0 Å². The molecule has 0 aromatic heterocycles. The summed E-state index contributed by atoms with van der Waals surface area (Å²) in [7, 11) is 0. The summed E-state index contributed by atoms with van der Waals surface area (Å²) in [5.74, 6) is 0.248. The van der Waals surface area contributed by atoms with E-state index in [4.69, 9.17) is 5.26 Å². The highest BCUT2D eigenvalue weighted by atomic mass is 15.0. The predicted octanol–water partition coefficient (Wildman–Crippen LogP) is 2.38. The largest absolute Gasteiger partial charge is 0.306 e. The van der Waals surface area contributed by atoms with Crippen LogP contribution in [0.4, 0.5) is 0 Å². The lowest BCUT2D eigenvalue weighted by molar-refractivity contribution is 0.298. The Kier molecular flexibility index (Phi) is 3.21. The maximum Gasteiger partial charge on any atom is 0.0672 e. The van der Waals surface area contributed by atoms with Gasteiger partial charge in [0.05, 0.1) is 12.0 Å². The van der Waals surface area contributed by atoms with Crippen molar-refractivity contribution in [1.29, 1.82) is 5.26 Å². The molecule has 2 nitrogen and oxygen atoms in total. The molecule has 14 heavy (non-hydrogen) atoms. The molecule has 0 aromatic rings. The fourth-order valence-electron chi connectivity index (χ4n) is 2.53. The van der Waals surface area contributed by atoms with Gasteiger partial charge in [-0.25, -0.2) is 0 Å². The molecule has 2 rings (SSSR count). The first-order valence-corrected chi connectivity index (χ1v) is 5.72. The fourth-order valence-corrected chi connectivity index (χ4v) is 2.53. The van der Waals surface area contributed by atoms with Gasteiger partial charge in [-0.1, -0.05) is 25.0 Å². The minimum absolute atomic E-state index is 0.248. The van der Waals surface area contributed by atoms with E-state index < -0.39 is 0 Å². The molecule has 3 atom stereocenters. The van der Waals surface area contributed by atoms with E-state index in [9.17, 15) is 0 Å². The lowest BCUT2D eigenvalue weighted by Crippen LogP contribution is -2.42. The van der Waals surface area contributed by atoms with E-state index in [-0.39, 0.29) is 5.92 Å². The van der Waals surface area contributed by atoms with Gasteiger partial charge in [-0.05, 0) is 25.7 Å². The topological polar surface area (TPSA) is 35.8 Å². The number of nitrogens with one attached hydrogen (secondary N) is 1. The number of nitriles is 1. The molecule has 0 radical (unpaired) electrons. The van der Waals surface area contributed by atoms with Crippen molar-refractivity contribution in [2.45, 2.75) is 50.6 Å². The zero-order valence-corrected chi connectivity index (χ0v) is 8.58. The molecule has 2 aliphatic carbocycles. The fraction of sp³-hybridized carbons (Fsp3) is 0.750. The van der Waals surface area contributed by atoms with Crippen LogP contribution >= 0.6 is 0 Å². The number of nitrogens with zero attached hydrogens (tertiary/aromatic N) is 1. The van der Waals surface area contributed by atoms with Crippen LogP contribution < -0.4 is 5.32 Å². The summed E-state index contributed by atoms with van der Waals surface area (Å²) >= 11 is 0. The molecular formula is C12H18N2. The second-order valence-corrected chi connectivity index (χ2v) is 4.41. The first kappa shape index (κ1) is 9.73. The molecule has 0 aromatic carbocycles. The lowest BCUT2D eigenvalue weighted by Gasteiger charge is -2.29. The normalized spacial score (nSPS) is 36.9. The predicted molar refractivity (Wildman–Crippen MR) is 56.7 cm³/mol. The van der Waals surface area contributed by atoms with Gasteiger partial charge < -0.3 is 5.32 Å². The van der Waals surface area contributed by atoms with Crippen LogP contribution in [0.3, 0.4) is 0 Å². The maximum atomic E-state index is 9.03. The van der Waals surface area contributed by atoms with Crippen LogP contribution in [-0.2, 0) is 0 Å². The van der Waals surface area contributed by atoms with Crippen molar-refractivity contribution in [2.24, 2.45) is 5.92 Å². The smallest absolute Gasteiger partial charge is 0.0672 e. The standard InChI is InChI=1S/C12H18N2/c13-9-10-5-1-4-8-12(10)14-11-6-2-3-7-11/h2,6,10-12,14H,1,3-5,7-8H2. The maximum absolute atomic E-state index is 9.03. The van der Waals surface area contributed by atoms with Crippen molar-refractivity contribution in [2.75, 3.05) is 0 Å². The Balaban J connectivity index is 1.88. The highest BCUT2D eigenvalue weighted by molar-refractivity contribution is 5.04. The Morgan fingerprint density at radius 1 is 1.21 bits per heavy atom. The van der Waals surface area contributed by atoms with Gasteiger partial charge >= 0.3 is 0 Å². The minimum Gasteiger partial charge on any atom is -0.306 e. The molecular weight excluding hydrogens is 172 g/mol. The molecule has 0 amide bonds. The summed E-state index contributed by atoms with van der Waals surface area (Å²) in [5, 5.41) is 12.6. The van der Waals surface area contributed by atoms with Crippen LogP contribution in [0.1, 0.15) is 38.5 Å². The Morgan fingerprint density at radius 3 is 2.79 bits per heavy atom. The van der Waals surface area contributed by atoms with Gasteiger partial charge in [-0.15, -0.1) is 0 Å². The van der Waals surface area contributed by atoms with Crippen LogP contribution in [0.5, 0.6) is 0 Å². The Morgan fingerprint density at radius 2 is 2.07 bits per heavy atom. The summed E-state index contributed by atoms with van der Waals surface area (Å²) in [5.41, 5.74) is 0. The number of hydrogen-bond acceptors (Lipinski definition) is 2. The molecule has 0 heterocycles. The van der Waals surface area contributed by atoms with Crippen LogP contribution in [0.2, 0.25) is 0 Å². The quantitative estimate of drug-likeness (QED) is 0.679. The van der Waals surface area contributed by atoms with Gasteiger partial charge in [0.1, 0.15) is 0 Å². The zero-order chi connectivity index (χ0) is 9.80. The number of allylic oxidation sites excluding steroid dienone is 1. The van der Waals surface area contributed by atoms with Gasteiger partial charge in [0, 0.05) is 12.1 Å². The molecule has 1 saturated carbocycles. The minimum atomic E-state index is 0.248. The molecule has 1 N–H and O–H groups in total. The van der Waals surface area contributed by atoms with E-state index in [2.05, 4.69) is 23.5 Å². The van der Waals surface area contributed by atoms with E-state index in [1.807, 2.05) is 0 Å². The average Bonchev–Trinajstić information content (AvgIpc) is 2.71. The van der Waals surface area contributed by atoms with Crippen molar-refractivity contribution in [1.82, 2.24) is 5.32 Å². The summed E-state index contributed by atoms with van der Waals surface area (Å²) < 4.78 is 0. The highest BCUT2D eigenvalue weighted by Gasteiger charge is 2.26. The van der Waals surface area contributed by atoms with Crippen molar-refractivity contribution in [3.63, 3.8) is 0 Å². The van der Waals surface area contributed by atoms with E-state index in [1.54, 1.807) is 0 Å². The van der Waals surface area contributed by atoms with Crippen molar-refractivity contribution < 1.29 is 0 Å². The summed E-state index contributed by atoms with van der Waals surface area (Å²) in [6.07, 6.45) is 11.7. The van der Waals surface area contributed by atoms with Crippen LogP contribution in [0.25, 0.3) is 0 Å². The second-order valence-electron chi connectivity index (χ2n) is 4.41. The van der Waals surface area contributed by atoms with Crippen molar-refractivity contribution >= 4 is 0 Å². The summed E-state index contributed by atoms with van der Waals surface area (Å²) in [4.78, 5) is 0. The van der Waals surface area contributed by atoms with Gasteiger partial charge in [0.25, 0.3) is 0 Å². The van der Waals surface area contributed by atoms with Gasteiger partial charge in [0.15, 0.2) is 0 Å². The van der Waals surface area contributed by atoms with Gasteiger partial charge in [-0.2, -0.15) is 5.26 Å². The summed E-state index contributed by atoms with van der Waals surface area (Å²) in [6, 6.07) is 3.42. The van der Waals surface area contributed by atoms with E-state index >= 15 is 0 Å². The van der Waals surface area contributed by atoms with E-state index in [0.717, 1.165) is 6.42 Å². The third kappa shape index (κ3) is 2.16. The number of hydrogen-bond donors (Lipinski definition) is 1.